The van der Waals surface area contributed by atoms with Crippen molar-refractivity contribution in [1.82, 2.24) is 4.98 Å². The van der Waals surface area contributed by atoms with E-state index in [0.29, 0.717) is 29.0 Å². The minimum absolute atomic E-state index is 0.0898. The third kappa shape index (κ3) is 3.58. The van der Waals surface area contributed by atoms with E-state index < -0.39 is 12.9 Å². The number of rotatable bonds is 5. The van der Waals surface area contributed by atoms with E-state index in [2.05, 4.69) is 9.98 Å². The van der Waals surface area contributed by atoms with Crippen molar-refractivity contribution in [3.63, 3.8) is 0 Å². The second kappa shape index (κ2) is 7.62. The number of benzene rings is 1. The molecule has 1 N–H and O–H groups in total. The fraction of sp³-hybridized carbons (Fsp3) is 0.263. The summed E-state index contributed by atoms with van der Waals surface area (Å²) < 4.78 is 5.59. The lowest BCUT2D eigenvalue weighted by atomic mass is 9.64. The molecule has 0 saturated heterocycles. The monoisotopic (exact) mass is 350 g/mol. The Hall–Kier alpha value is -2.80. The number of hydrogen-bond donors (Lipinski definition) is 1. The molecule has 0 saturated carbocycles. The summed E-state index contributed by atoms with van der Waals surface area (Å²) in [5.74, 6) is -0.307. The number of aliphatic imine (C=N–C) groups is 1. The van der Waals surface area contributed by atoms with Crippen LogP contribution < -0.4 is 4.65 Å². The van der Waals surface area contributed by atoms with Gasteiger partial charge in [0.25, 0.3) is 0 Å². The van der Waals surface area contributed by atoms with Gasteiger partial charge in [-0.3, -0.25) is 19.6 Å². The number of nitrogens with zero attached hydrogens (tertiary/aromatic N) is 2. The Morgan fingerprint density at radius 3 is 2.81 bits per heavy atom. The Kier molecular flexibility index (Phi) is 5.28. The highest BCUT2D eigenvalue weighted by atomic mass is 16.5. The first-order chi connectivity index (χ1) is 12.5. The molecule has 7 heteroatoms. The third-order valence-corrected chi connectivity index (χ3v) is 4.47. The summed E-state index contributed by atoms with van der Waals surface area (Å²) >= 11 is 0. The van der Waals surface area contributed by atoms with Gasteiger partial charge in [0.1, 0.15) is 11.5 Å². The van der Waals surface area contributed by atoms with Crippen molar-refractivity contribution in [1.29, 1.82) is 0 Å². The Bertz CT molecular complexity index is 867. The van der Waals surface area contributed by atoms with E-state index in [4.69, 9.17) is 4.65 Å². The van der Waals surface area contributed by atoms with Gasteiger partial charge in [0.2, 0.25) is 0 Å². The van der Waals surface area contributed by atoms with Crippen LogP contribution in [0.1, 0.15) is 34.8 Å². The van der Waals surface area contributed by atoms with Crippen LogP contribution in [0.25, 0.3) is 0 Å². The first kappa shape index (κ1) is 18.0. The van der Waals surface area contributed by atoms with Gasteiger partial charge in [0.15, 0.2) is 11.6 Å². The molecule has 1 atom stereocenters. The second-order valence-corrected chi connectivity index (χ2v) is 6.26. The topological polar surface area (TPSA) is 88.9 Å². The highest BCUT2D eigenvalue weighted by Crippen LogP contribution is 2.36. The zero-order valence-electron chi connectivity index (χ0n) is 14.7. The fourth-order valence-electron chi connectivity index (χ4n) is 3.19. The molecule has 0 fully saturated rings. The van der Waals surface area contributed by atoms with Gasteiger partial charge in [0, 0.05) is 37.2 Å². The maximum atomic E-state index is 12.7. The summed E-state index contributed by atoms with van der Waals surface area (Å²) in [6.07, 6.45) is 3.76. The molecule has 132 valence electrons. The number of carbonyl (C=O) groups excluding carboxylic acids is 2. The Labute approximate surface area is 152 Å². The number of pyridine rings is 1. The maximum Gasteiger partial charge on any atom is 0.526 e. The molecule has 6 nitrogen and oxygen atoms in total. The first-order valence-electron chi connectivity index (χ1n) is 8.39. The summed E-state index contributed by atoms with van der Waals surface area (Å²) in [6.45, 7) is 1.46. The number of ketones is 2. The summed E-state index contributed by atoms with van der Waals surface area (Å²) in [5, 5.41) is 10.4. The molecular weight excluding hydrogens is 331 g/mol. The lowest BCUT2D eigenvalue weighted by Crippen LogP contribution is -2.36. The third-order valence-electron chi connectivity index (χ3n) is 4.47. The van der Waals surface area contributed by atoms with Gasteiger partial charge < -0.3 is 9.68 Å². The lowest BCUT2D eigenvalue weighted by Gasteiger charge is -2.28. The van der Waals surface area contributed by atoms with Gasteiger partial charge in [-0.1, -0.05) is 12.1 Å². The largest absolute Gasteiger partial charge is 0.535 e. The van der Waals surface area contributed by atoms with Crippen LogP contribution >= 0.6 is 0 Å². The molecule has 0 amide bonds. The zero-order valence-corrected chi connectivity index (χ0v) is 14.7. The van der Waals surface area contributed by atoms with Crippen LogP contribution in [0.3, 0.4) is 0 Å². The summed E-state index contributed by atoms with van der Waals surface area (Å²) in [5.41, 5.74) is 2.23. The van der Waals surface area contributed by atoms with E-state index in [9.17, 15) is 14.6 Å². The van der Waals surface area contributed by atoms with Crippen molar-refractivity contribution in [3.8, 4) is 5.75 Å². The molecule has 0 aliphatic carbocycles. The van der Waals surface area contributed by atoms with Gasteiger partial charge in [0.05, 0.1) is 5.56 Å². The Morgan fingerprint density at radius 2 is 2.15 bits per heavy atom. The van der Waals surface area contributed by atoms with Crippen LogP contribution in [0, 0.1) is 0 Å². The lowest BCUT2D eigenvalue weighted by molar-refractivity contribution is -0.113. The number of hydrogen-bond acceptors (Lipinski definition) is 6. The van der Waals surface area contributed by atoms with Crippen molar-refractivity contribution in [2.45, 2.75) is 25.6 Å². The molecule has 1 aromatic heterocycles. The van der Waals surface area contributed by atoms with Crippen LogP contribution in [0.15, 0.2) is 47.7 Å². The van der Waals surface area contributed by atoms with Crippen LogP contribution in [0.5, 0.6) is 5.75 Å². The molecule has 0 spiro atoms. The molecule has 0 bridgehead atoms. The SMILES string of the molecule is CN=C(C(=O)C[C@H]1Cc2cccc(C(C)=O)c2OB1O)c1cccnc1. The summed E-state index contributed by atoms with van der Waals surface area (Å²) in [7, 11) is 0.404. The highest BCUT2D eigenvalue weighted by Gasteiger charge is 2.38. The smallest absolute Gasteiger partial charge is 0.526 e. The van der Waals surface area contributed by atoms with E-state index in [-0.39, 0.29) is 18.0 Å². The van der Waals surface area contributed by atoms with E-state index in [1.807, 2.05) is 6.07 Å². The number of carbonyl (C=O) groups is 2. The fourth-order valence-corrected chi connectivity index (χ4v) is 3.19. The van der Waals surface area contributed by atoms with Crippen molar-refractivity contribution >= 4 is 24.4 Å². The maximum absolute atomic E-state index is 12.7. The molecule has 1 aliphatic heterocycles. The van der Waals surface area contributed by atoms with Crippen molar-refractivity contribution < 1.29 is 19.3 Å². The minimum atomic E-state index is -1.15. The Morgan fingerprint density at radius 1 is 1.35 bits per heavy atom. The molecular formula is C19H19BN2O4. The molecule has 1 aromatic carbocycles. The van der Waals surface area contributed by atoms with Gasteiger partial charge in [-0.2, -0.15) is 0 Å². The number of aromatic nitrogens is 1. The highest BCUT2D eigenvalue weighted by molar-refractivity contribution is 6.51. The molecule has 0 radical (unpaired) electrons. The van der Waals surface area contributed by atoms with Gasteiger partial charge in [-0.15, -0.1) is 0 Å². The average molecular weight is 350 g/mol. The standard InChI is InChI=1S/C19H19BN2O4/c1-12(23)16-7-3-5-13-9-15(20(25)26-19(13)16)10-17(24)18(21-2)14-6-4-8-22-11-14/h3-8,11,15,25H,9-10H2,1-2H3/t15-/m1/s1. The predicted molar refractivity (Wildman–Crippen MR) is 98.8 cm³/mol. The normalized spacial score (nSPS) is 16.7. The molecule has 0 unspecified atom stereocenters. The summed E-state index contributed by atoms with van der Waals surface area (Å²) in [4.78, 5) is 32.5. The Balaban J connectivity index is 1.80. The van der Waals surface area contributed by atoms with Crippen molar-refractivity contribution in [2.75, 3.05) is 7.05 Å². The van der Waals surface area contributed by atoms with E-state index >= 15 is 0 Å². The van der Waals surface area contributed by atoms with Gasteiger partial charge in [-0.25, -0.2) is 0 Å². The van der Waals surface area contributed by atoms with Crippen molar-refractivity contribution in [2.24, 2.45) is 4.99 Å². The van der Waals surface area contributed by atoms with Crippen LogP contribution in [0.4, 0.5) is 0 Å². The quantitative estimate of drug-likeness (QED) is 0.507. The van der Waals surface area contributed by atoms with E-state index in [0.717, 1.165) is 5.56 Å². The van der Waals surface area contributed by atoms with Crippen LogP contribution in [-0.2, 0) is 11.2 Å². The van der Waals surface area contributed by atoms with Crippen LogP contribution in [-0.4, -0.2) is 41.5 Å². The van der Waals surface area contributed by atoms with E-state index in [1.54, 1.807) is 43.7 Å². The average Bonchev–Trinajstić information content (AvgIpc) is 2.63. The molecule has 3 rings (SSSR count). The zero-order chi connectivity index (χ0) is 18.7. The van der Waals surface area contributed by atoms with Crippen LogP contribution in [0.2, 0.25) is 5.82 Å². The predicted octanol–water partition coefficient (Wildman–Crippen LogP) is 2.15. The molecule has 2 heterocycles. The second-order valence-electron chi connectivity index (χ2n) is 6.26. The molecule has 26 heavy (non-hydrogen) atoms. The summed E-state index contributed by atoms with van der Waals surface area (Å²) in [6, 6.07) is 8.82. The first-order valence-corrected chi connectivity index (χ1v) is 8.39. The number of fused-ring (bicyclic) bond motifs is 1. The minimum Gasteiger partial charge on any atom is -0.535 e. The number of Topliss-reactive ketones (excluding diaryl/α,β-unsaturated/α-hetero) is 2. The number of para-hydroxylation sites is 1. The van der Waals surface area contributed by atoms with E-state index in [1.165, 1.54) is 6.92 Å². The molecule has 2 aromatic rings. The molecule has 1 aliphatic rings. The van der Waals surface area contributed by atoms with Gasteiger partial charge >= 0.3 is 7.12 Å². The van der Waals surface area contributed by atoms with Crippen molar-refractivity contribution in [3.05, 3.63) is 59.4 Å². The van der Waals surface area contributed by atoms with Gasteiger partial charge in [-0.05, 0) is 37.1 Å².